The standard InChI is InChI=1S/C17H26ClN3O2/c1-13(11-19-2)17(22)21-8-6-20(7-9-21)12-14-10-15(18)4-5-16(14)23-3/h4-5,10,13,19H,6-9,11-12H2,1-3H3. The van der Waals surface area contributed by atoms with E-state index in [-0.39, 0.29) is 11.8 Å². The lowest BCUT2D eigenvalue weighted by atomic mass is 10.1. The van der Waals surface area contributed by atoms with Crippen LogP contribution in [0.4, 0.5) is 0 Å². The summed E-state index contributed by atoms with van der Waals surface area (Å²) < 4.78 is 5.40. The summed E-state index contributed by atoms with van der Waals surface area (Å²) in [6.07, 6.45) is 0. The molecule has 0 aromatic heterocycles. The molecule has 128 valence electrons. The minimum atomic E-state index is 0.0274. The molecule has 0 radical (unpaired) electrons. The summed E-state index contributed by atoms with van der Waals surface area (Å²) in [6, 6.07) is 5.69. The van der Waals surface area contributed by atoms with Gasteiger partial charge < -0.3 is 15.0 Å². The quantitative estimate of drug-likeness (QED) is 0.859. The summed E-state index contributed by atoms with van der Waals surface area (Å²) in [5, 5.41) is 3.78. The Hall–Kier alpha value is -1.30. The summed E-state index contributed by atoms with van der Waals surface area (Å²) in [5.41, 5.74) is 1.09. The zero-order valence-corrected chi connectivity index (χ0v) is 14.9. The average molecular weight is 340 g/mol. The highest BCUT2D eigenvalue weighted by Crippen LogP contribution is 2.24. The summed E-state index contributed by atoms with van der Waals surface area (Å²) in [4.78, 5) is 16.6. The van der Waals surface area contributed by atoms with E-state index in [1.54, 1.807) is 7.11 Å². The first-order chi connectivity index (χ1) is 11.0. The van der Waals surface area contributed by atoms with E-state index in [1.165, 1.54) is 0 Å². The highest BCUT2D eigenvalue weighted by atomic mass is 35.5. The van der Waals surface area contributed by atoms with Gasteiger partial charge in [-0.15, -0.1) is 0 Å². The predicted octanol–water partition coefficient (Wildman–Crippen LogP) is 1.85. The third-order valence-corrected chi connectivity index (χ3v) is 4.49. The van der Waals surface area contributed by atoms with E-state index < -0.39 is 0 Å². The molecule has 1 heterocycles. The lowest BCUT2D eigenvalue weighted by Gasteiger charge is -2.36. The third kappa shape index (κ3) is 4.83. The maximum atomic E-state index is 12.3. The molecule has 1 fully saturated rings. The Kier molecular flexibility index (Phi) is 6.69. The minimum absolute atomic E-state index is 0.0274. The lowest BCUT2D eigenvalue weighted by molar-refractivity contribution is -0.136. The molecule has 1 aromatic rings. The van der Waals surface area contributed by atoms with Crippen molar-refractivity contribution in [2.24, 2.45) is 5.92 Å². The zero-order valence-electron chi connectivity index (χ0n) is 14.1. The Balaban J connectivity index is 1.90. The van der Waals surface area contributed by atoms with Gasteiger partial charge in [0.2, 0.25) is 5.91 Å². The second kappa shape index (κ2) is 8.52. The van der Waals surface area contributed by atoms with E-state index in [4.69, 9.17) is 16.3 Å². The van der Waals surface area contributed by atoms with Gasteiger partial charge in [-0.3, -0.25) is 9.69 Å². The molecule has 0 spiro atoms. The summed E-state index contributed by atoms with van der Waals surface area (Å²) >= 11 is 6.09. The van der Waals surface area contributed by atoms with Crippen molar-refractivity contribution >= 4 is 17.5 Å². The number of benzene rings is 1. The fourth-order valence-electron chi connectivity index (χ4n) is 2.94. The monoisotopic (exact) mass is 339 g/mol. The van der Waals surface area contributed by atoms with Crippen molar-refractivity contribution in [3.05, 3.63) is 28.8 Å². The molecule has 0 aliphatic carbocycles. The number of ether oxygens (including phenoxy) is 1. The molecule has 1 aliphatic heterocycles. The van der Waals surface area contributed by atoms with Crippen molar-refractivity contribution in [2.75, 3.05) is 46.9 Å². The number of nitrogens with one attached hydrogen (secondary N) is 1. The van der Waals surface area contributed by atoms with Crippen molar-refractivity contribution in [1.29, 1.82) is 0 Å². The van der Waals surface area contributed by atoms with Gasteiger partial charge in [0.05, 0.1) is 7.11 Å². The molecule has 2 rings (SSSR count). The fourth-order valence-corrected chi connectivity index (χ4v) is 3.14. The number of carbonyl (C=O) groups excluding carboxylic acids is 1. The largest absolute Gasteiger partial charge is 0.496 e. The van der Waals surface area contributed by atoms with E-state index in [0.29, 0.717) is 0 Å². The number of amides is 1. The van der Waals surface area contributed by atoms with Crippen LogP contribution in [0, 0.1) is 5.92 Å². The number of hydrogen-bond acceptors (Lipinski definition) is 4. The van der Waals surface area contributed by atoms with Crippen LogP contribution in [0.25, 0.3) is 0 Å². The second-order valence-electron chi connectivity index (χ2n) is 6.02. The van der Waals surface area contributed by atoms with Crippen LogP contribution in [0.1, 0.15) is 12.5 Å². The maximum absolute atomic E-state index is 12.3. The molecule has 1 amide bonds. The van der Waals surface area contributed by atoms with Crippen LogP contribution in [-0.2, 0) is 11.3 Å². The van der Waals surface area contributed by atoms with Crippen LogP contribution < -0.4 is 10.1 Å². The van der Waals surface area contributed by atoms with Gasteiger partial charge >= 0.3 is 0 Å². The van der Waals surface area contributed by atoms with Gasteiger partial charge in [0.25, 0.3) is 0 Å². The average Bonchev–Trinajstić information content (AvgIpc) is 2.55. The number of rotatable bonds is 6. The van der Waals surface area contributed by atoms with E-state index in [9.17, 15) is 4.79 Å². The lowest BCUT2D eigenvalue weighted by Crippen LogP contribution is -2.50. The summed E-state index contributed by atoms with van der Waals surface area (Å²) in [5.74, 6) is 1.12. The number of carbonyl (C=O) groups is 1. The molecule has 1 saturated heterocycles. The molecule has 5 nitrogen and oxygen atoms in total. The Morgan fingerprint density at radius 1 is 1.35 bits per heavy atom. The van der Waals surface area contributed by atoms with Crippen LogP contribution in [0.15, 0.2) is 18.2 Å². The third-order valence-electron chi connectivity index (χ3n) is 4.25. The van der Waals surface area contributed by atoms with Gasteiger partial charge in [-0.05, 0) is 25.2 Å². The van der Waals surface area contributed by atoms with E-state index >= 15 is 0 Å². The number of nitrogens with zero attached hydrogens (tertiary/aromatic N) is 2. The topological polar surface area (TPSA) is 44.8 Å². The molecule has 23 heavy (non-hydrogen) atoms. The van der Waals surface area contributed by atoms with Crippen LogP contribution in [0.3, 0.4) is 0 Å². The van der Waals surface area contributed by atoms with Gasteiger partial charge in [0, 0.05) is 55.8 Å². The number of hydrogen-bond donors (Lipinski definition) is 1. The Morgan fingerprint density at radius 3 is 2.65 bits per heavy atom. The zero-order chi connectivity index (χ0) is 16.8. The Bertz CT molecular complexity index is 531. The van der Waals surface area contributed by atoms with E-state index in [0.717, 1.165) is 55.6 Å². The molecule has 0 bridgehead atoms. The van der Waals surface area contributed by atoms with Crippen molar-refractivity contribution in [3.63, 3.8) is 0 Å². The molecule has 1 atom stereocenters. The first-order valence-electron chi connectivity index (χ1n) is 8.03. The molecule has 6 heteroatoms. The van der Waals surface area contributed by atoms with Gasteiger partial charge in [0.1, 0.15) is 5.75 Å². The normalized spacial score (nSPS) is 17.1. The van der Waals surface area contributed by atoms with Crippen molar-refractivity contribution in [3.8, 4) is 5.75 Å². The van der Waals surface area contributed by atoms with Crippen molar-refractivity contribution < 1.29 is 9.53 Å². The Labute approximate surface area is 143 Å². The summed E-state index contributed by atoms with van der Waals surface area (Å²) in [6.45, 7) is 6.77. The molecule has 1 N–H and O–H groups in total. The smallest absolute Gasteiger partial charge is 0.226 e. The first-order valence-corrected chi connectivity index (χ1v) is 8.41. The molecule has 1 aromatic carbocycles. The summed E-state index contributed by atoms with van der Waals surface area (Å²) in [7, 11) is 3.55. The molecule has 1 unspecified atom stereocenters. The molecule has 0 saturated carbocycles. The number of halogens is 1. The first kappa shape index (κ1) is 18.0. The highest BCUT2D eigenvalue weighted by Gasteiger charge is 2.24. The predicted molar refractivity (Wildman–Crippen MR) is 93.0 cm³/mol. The van der Waals surface area contributed by atoms with E-state index in [1.807, 2.05) is 37.1 Å². The van der Waals surface area contributed by atoms with E-state index in [2.05, 4.69) is 10.2 Å². The van der Waals surface area contributed by atoms with Gasteiger partial charge in [-0.1, -0.05) is 18.5 Å². The van der Waals surface area contributed by atoms with Crippen LogP contribution in [0.2, 0.25) is 5.02 Å². The maximum Gasteiger partial charge on any atom is 0.226 e. The Morgan fingerprint density at radius 2 is 2.04 bits per heavy atom. The van der Waals surface area contributed by atoms with Crippen LogP contribution in [0.5, 0.6) is 5.75 Å². The fraction of sp³-hybridized carbons (Fsp3) is 0.588. The second-order valence-corrected chi connectivity index (χ2v) is 6.45. The SMILES string of the molecule is CNCC(C)C(=O)N1CCN(Cc2cc(Cl)ccc2OC)CC1. The molecule has 1 aliphatic rings. The van der Waals surface area contributed by atoms with Gasteiger partial charge in [-0.2, -0.15) is 0 Å². The van der Waals surface area contributed by atoms with Gasteiger partial charge in [-0.25, -0.2) is 0 Å². The van der Waals surface area contributed by atoms with Crippen molar-refractivity contribution in [2.45, 2.75) is 13.5 Å². The van der Waals surface area contributed by atoms with Crippen LogP contribution >= 0.6 is 11.6 Å². The van der Waals surface area contributed by atoms with Crippen molar-refractivity contribution in [1.82, 2.24) is 15.1 Å². The molecular formula is C17H26ClN3O2. The van der Waals surface area contributed by atoms with Gasteiger partial charge in [0.15, 0.2) is 0 Å². The number of methoxy groups -OCH3 is 1. The number of piperazine rings is 1. The van der Waals surface area contributed by atoms with Crippen LogP contribution in [-0.4, -0.2) is 62.6 Å². The minimum Gasteiger partial charge on any atom is -0.496 e. The molecular weight excluding hydrogens is 314 g/mol. The highest BCUT2D eigenvalue weighted by molar-refractivity contribution is 6.30.